The molecule has 3 aromatic rings. The number of nitrogens with one attached hydrogen (secondary N) is 1. The van der Waals surface area contributed by atoms with Crippen LogP contribution in [0, 0.1) is 6.92 Å². The maximum Gasteiger partial charge on any atom is 0.264 e. The number of aryl methyl sites for hydroxylation is 1. The summed E-state index contributed by atoms with van der Waals surface area (Å²) in [5, 5.41) is 2.77. The molecule has 0 aliphatic rings. The van der Waals surface area contributed by atoms with Crippen molar-refractivity contribution in [2.24, 2.45) is 0 Å². The number of para-hydroxylation sites is 2. The van der Waals surface area contributed by atoms with Gasteiger partial charge in [-0.2, -0.15) is 0 Å². The van der Waals surface area contributed by atoms with Crippen molar-refractivity contribution in [1.29, 1.82) is 0 Å². The number of rotatable bonds is 10. The minimum atomic E-state index is -3.74. The van der Waals surface area contributed by atoms with Gasteiger partial charge in [0.05, 0.1) is 22.9 Å². The number of carbonyl (C=O) groups excluding carboxylic acids is 1. The van der Waals surface area contributed by atoms with Crippen LogP contribution in [0.5, 0.6) is 5.75 Å². The molecule has 32 heavy (non-hydrogen) atoms. The Hall–Kier alpha value is -2.97. The van der Waals surface area contributed by atoms with Gasteiger partial charge in [-0.15, -0.1) is 11.8 Å². The van der Waals surface area contributed by atoms with E-state index in [2.05, 4.69) is 5.32 Å². The predicted molar refractivity (Wildman–Crippen MR) is 131 cm³/mol. The molecule has 0 saturated heterocycles. The van der Waals surface area contributed by atoms with Gasteiger partial charge in [-0.05, 0) is 48.9 Å². The predicted octanol–water partition coefficient (Wildman–Crippen LogP) is 4.57. The van der Waals surface area contributed by atoms with Crippen molar-refractivity contribution in [3.05, 3.63) is 84.4 Å². The molecule has 0 saturated carbocycles. The van der Waals surface area contributed by atoms with E-state index in [-0.39, 0.29) is 16.6 Å². The van der Waals surface area contributed by atoms with Crippen LogP contribution in [0.1, 0.15) is 5.56 Å². The second-order valence-electron chi connectivity index (χ2n) is 7.05. The monoisotopic (exact) mass is 470 g/mol. The maximum atomic E-state index is 13.0. The number of amides is 1. The SMILES string of the molecule is Cc1ccccc1OCCSCC(=O)Nc1cccc(S(=O)(=O)N(C)c2ccccc2)c1. The molecular weight excluding hydrogens is 444 g/mol. The fourth-order valence-corrected chi connectivity index (χ4v) is 4.80. The molecule has 8 heteroatoms. The molecule has 3 aromatic carbocycles. The van der Waals surface area contributed by atoms with Crippen molar-refractivity contribution >= 4 is 39.1 Å². The fraction of sp³-hybridized carbons (Fsp3) is 0.208. The minimum absolute atomic E-state index is 0.112. The molecule has 0 heterocycles. The van der Waals surface area contributed by atoms with Crippen LogP contribution in [-0.4, -0.2) is 39.5 Å². The fourth-order valence-electron chi connectivity index (χ4n) is 2.96. The first kappa shape index (κ1) is 23.7. The molecule has 0 aromatic heterocycles. The second-order valence-corrected chi connectivity index (χ2v) is 10.1. The highest BCUT2D eigenvalue weighted by Crippen LogP contribution is 2.24. The quantitative estimate of drug-likeness (QED) is 0.439. The largest absolute Gasteiger partial charge is 0.492 e. The van der Waals surface area contributed by atoms with Gasteiger partial charge in [-0.1, -0.05) is 42.5 Å². The van der Waals surface area contributed by atoms with Crippen molar-refractivity contribution in [2.75, 3.05) is 34.8 Å². The van der Waals surface area contributed by atoms with Gasteiger partial charge in [-0.25, -0.2) is 8.42 Å². The molecular formula is C24H26N2O4S2. The summed E-state index contributed by atoms with van der Waals surface area (Å²) in [6, 6.07) is 22.9. The lowest BCUT2D eigenvalue weighted by Crippen LogP contribution is -2.26. The normalized spacial score (nSPS) is 11.1. The molecule has 3 rings (SSSR count). The van der Waals surface area contributed by atoms with Gasteiger partial charge >= 0.3 is 0 Å². The summed E-state index contributed by atoms with van der Waals surface area (Å²) in [4.78, 5) is 12.4. The first-order valence-corrected chi connectivity index (χ1v) is 12.7. The average Bonchev–Trinajstić information content (AvgIpc) is 2.80. The molecule has 0 aliphatic carbocycles. The number of anilines is 2. The van der Waals surface area contributed by atoms with Crippen LogP contribution >= 0.6 is 11.8 Å². The first-order chi connectivity index (χ1) is 15.4. The lowest BCUT2D eigenvalue weighted by molar-refractivity contribution is -0.113. The van der Waals surface area contributed by atoms with E-state index in [0.29, 0.717) is 23.7 Å². The van der Waals surface area contributed by atoms with Crippen molar-refractivity contribution in [2.45, 2.75) is 11.8 Å². The zero-order valence-electron chi connectivity index (χ0n) is 18.0. The van der Waals surface area contributed by atoms with Crippen LogP contribution in [-0.2, 0) is 14.8 Å². The number of thioether (sulfide) groups is 1. The molecule has 0 unspecified atom stereocenters. The van der Waals surface area contributed by atoms with E-state index in [1.165, 1.54) is 35.2 Å². The lowest BCUT2D eigenvalue weighted by atomic mass is 10.2. The van der Waals surface area contributed by atoms with Gasteiger partial charge in [0.1, 0.15) is 5.75 Å². The van der Waals surface area contributed by atoms with E-state index in [1.807, 2.05) is 37.3 Å². The van der Waals surface area contributed by atoms with Crippen LogP contribution in [0.15, 0.2) is 83.8 Å². The minimum Gasteiger partial charge on any atom is -0.492 e. The van der Waals surface area contributed by atoms with Gasteiger partial charge in [0.2, 0.25) is 5.91 Å². The van der Waals surface area contributed by atoms with E-state index >= 15 is 0 Å². The van der Waals surface area contributed by atoms with Crippen LogP contribution in [0.2, 0.25) is 0 Å². The van der Waals surface area contributed by atoms with E-state index in [1.54, 1.807) is 36.4 Å². The van der Waals surface area contributed by atoms with Crippen molar-refractivity contribution < 1.29 is 17.9 Å². The highest BCUT2D eigenvalue weighted by Gasteiger charge is 2.21. The maximum absolute atomic E-state index is 13.0. The zero-order chi connectivity index (χ0) is 23.0. The molecule has 0 spiro atoms. The number of hydrogen-bond donors (Lipinski definition) is 1. The molecule has 0 atom stereocenters. The third-order valence-corrected chi connectivity index (χ3v) is 7.41. The first-order valence-electron chi connectivity index (χ1n) is 10.1. The number of carbonyl (C=O) groups is 1. The van der Waals surface area contributed by atoms with Gasteiger partial charge in [0, 0.05) is 18.5 Å². The molecule has 0 radical (unpaired) electrons. The highest BCUT2D eigenvalue weighted by atomic mass is 32.2. The molecule has 0 fully saturated rings. The topological polar surface area (TPSA) is 75.7 Å². The zero-order valence-corrected chi connectivity index (χ0v) is 19.7. The van der Waals surface area contributed by atoms with E-state index in [9.17, 15) is 13.2 Å². The van der Waals surface area contributed by atoms with Crippen molar-refractivity contribution in [3.63, 3.8) is 0 Å². The Labute approximate surface area is 193 Å². The highest BCUT2D eigenvalue weighted by molar-refractivity contribution is 7.99. The van der Waals surface area contributed by atoms with Crippen LogP contribution in [0.3, 0.4) is 0 Å². The Morgan fingerprint density at radius 1 is 1.00 bits per heavy atom. The number of hydrogen-bond acceptors (Lipinski definition) is 5. The Balaban J connectivity index is 1.51. The molecule has 6 nitrogen and oxygen atoms in total. The average molecular weight is 471 g/mol. The molecule has 0 aliphatic heterocycles. The summed E-state index contributed by atoms with van der Waals surface area (Å²) >= 11 is 1.45. The second kappa shape index (κ2) is 11.1. The summed E-state index contributed by atoms with van der Waals surface area (Å²) in [6.45, 7) is 2.49. The number of benzene rings is 3. The summed E-state index contributed by atoms with van der Waals surface area (Å²) in [6.07, 6.45) is 0. The standard InChI is InChI=1S/C24H26N2O4S2/c1-19-9-6-7-14-23(19)30-15-16-31-18-24(27)25-20-10-8-13-22(17-20)32(28,29)26(2)21-11-4-3-5-12-21/h3-14,17H,15-16,18H2,1-2H3,(H,25,27). The molecule has 1 N–H and O–H groups in total. The summed E-state index contributed by atoms with van der Waals surface area (Å²) in [5.74, 6) is 1.56. The van der Waals surface area contributed by atoms with Gasteiger partial charge < -0.3 is 10.1 Å². The number of sulfonamides is 1. The summed E-state index contributed by atoms with van der Waals surface area (Å²) < 4.78 is 32.8. The third-order valence-electron chi connectivity index (χ3n) is 4.71. The van der Waals surface area contributed by atoms with Crippen molar-refractivity contribution in [1.82, 2.24) is 0 Å². The van der Waals surface area contributed by atoms with Gasteiger partial charge in [-0.3, -0.25) is 9.10 Å². The number of ether oxygens (including phenoxy) is 1. The smallest absolute Gasteiger partial charge is 0.264 e. The van der Waals surface area contributed by atoms with Crippen LogP contribution in [0.4, 0.5) is 11.4 Å². The summed E-state index contributed by atoms with van der Waals surface area (Å²) in [7, 11) is -2.24. The Morgan fingerprint density at radius 2 is 1.72 bits per heavy atom. The molecule has 168 valence electrons. The van der Waals surface area contributed by atoms with Crippen molar-refractivity contribution in [3.8, 4) is 5.75 Å². The third kappa shape index (κ3) is 6.27. The van der Waals surface area contributed by atoms with E-state index < -0.39 is 10.0 Å². The lowest BCUT2D eigenvalue weighted by Gasteiger charge is -2.19. The Kier molecular flexibility index (Phi) is 8.19. The molecule has 0 bridgehead atoms. The van der Waals surface area contributed by atoms with E-state index in [4.69, 9.17) is 4.74 Å². The Morgan fingerprint density at radius 3 is 2.47 bits per heavy atom. The van der Waals surface area contributed by atoms with Gasteiger partial charge in [0.25, 0.3) is 10.0 Å². The van der Waals surface area contributed by atoms with Gasteiger partial charge in [0.15, 0.2) is 0 Å². The van der Waals surface area contributed by atoms with E-state index in [0.717, 1.165) is 11.3 Å². The number of nitrogens with zero attached hydrogens (tertiary/aromatic N) is 1. The van der Waals surface area contributed by atoms with Crippen LogP contribution < -0.4 is 14.4 Å². The Bertz CT molecular complexity index is 1150. The molecule has 1 amide bonds. The summed E-state index contributed by atoms with van der Waals surface area (Å²) in [5.41, 5.74) is 2.07. The van der Waals surface area contributed by atoms with Crippen LogP contribution in [0.25, 0.3) is 0 Å².